The van der Waals surface area contributed by atoms with Crippen LogP contribution in [0.25, 0.3) is 0 Å². The summed E-state index contributed by atoms with van der Waals surface area (Å²) in [6, 6.07) is 0. The predicted molar refractivity (Wildman–Crippen MR) is 31.3 cm³/mol. The Labute approximate surface area is 41.6 Å². The van der Waals surface area contributed by atoms with Gasteiger partial charge in [-0.15, -0.1) is 0 Å². The molecule has 0 heteroatoms. The zero-order valence-corrected chi connectivity index (χ0v) is 4.83. The highest BCUT2D eigenvalue weighted by Crippen LogP contribution is 1.75. The lowest BCUT2D eigenvalue weighted by Crippen LogP contribution is -1.48. The standard InChI is InChI=1S/C4H9.C2H5/c1-3-4-2;1-2/h1,3-4H2,2H3;1H2,2H3. The van der Waals surface area contributed by atoms with Gasteiger partial charge in [0.2, 0.25) is 0 Å². The van der Waals surface area contributed by atoms with Crippen LogP contribution in [-0.2, 0) is 0 Å². The molecule has 0 aromatic carbocycles. The second kappa shape index (κ2) is 20.0. The largest absolute Gasteiger partial charge is 0.0654 e. The van der Waals surface area contributed by atoms with Crippen LogP contribution in [0.5, 0.6) is 0 Å². The van der Waals surface area contributed by atoms with Gasteiger partial charge in [0, 0.05) is 0 Å². The maximum absolute atomic E-state index is 3.60. The lowest BCUT2D eigenvalue weighted by molar-refractivity contribution is 0.956. The van der Waals surface area contributed by atoms with Gasteiger partial charge in [0.05, 0.1) is 0 Å². The Kier molecular flexibility index (Phi) is 31.2. The molecule has 0 unspecified atom stereocenters. The highest BCUT2D eigenvalue weighted by Gasteiger charge is 1.56. The van der Waals surface area contributed by atoms with Crippen molar-refractivity contribution in [2.24, 2.45) is 0 Å². The first-order valence-corrected chi connectivity index (χ1v) is 2.41. The molecule has 0 atom stereocenters. The van der Waals surface area contributed by atoms with Crippen molar-refractivity contribution in [3.8, 4) is 0 Å². The van der Waals surface area contributed by atoms with Crippen LogP contribution in [0.3, 0.4) is 0 Å². The summed E-state index contributed by atoms with van der Waals surface area (Å²) < 4.78 is 0. The van der Waals surface area contributed by atoms with E-state index in [9.17, 15) is 0 Å². The molecule has 0 rings (SSSR count). The number of rotatable bonds is 1. The van der Waals surface area contributed by atoms with E-state index in [-0.39, 0.29) is 0 Å². The quantitative estimate of drug-likeness (QED) is 0.460. The Morgan fingerprint density at radius 3 is 1.50 bits per heavy atom. The molecule has 0 aliphatic rings. The molecule has 0 aliphatic heterocycles. The van der Waals surface area contributed by atoms with Crippen molar-refractivity contribution in [2.75, 3.05) is 0 Å². The normalized spacial score (nSPS) is 6.00. The van der Waals surface area contributed by atoms with Crippen molar-refractivity contribution in [3.63, 3.8) is 0 Å². The molecule has 0 bridgehead atoms. The van der Waals surface area contributed by atoms with Crippen LogP contribution < -0.4 is 0 Å². The Morgan fingerprint density at radius 1 is 1.33 bits per heavy atom. The van der Waals surface area contributed by atoms with E-state index in [0.717, 1.165) is 6.42 Å². The lowest BCUT2D eigenvalue weighted by atomic mass is 10.4. The molecule has 0 heterocycles. The monoisotopic (exact) mass is 86.1 g/mol. The van der Waals surface area contributed by atoms with Gasteiger partial charge >= 0.3 is 0 Å². The third kappa shape index (κ3) is 36.0. The summed E-state index contributed by atoms with van der Waals surface area (Å²) in [6.07, 6.45) is 2.28. The minimum atomic E-state index is 1.07. The van der Waals surface area contributed by atoms with Crippen LogP contribution >= 0.6 is 0 Å². The van der Waals surface area contributed by atoms with Gasteiger partial charge < -0.3 is 0 Å². The van der Waals surface area contributed by atoms with Crippen molar-refractivity contribution in [2.45, 2.75) is 26.7 Å². The molecule has 0 N–H and O–H groups in total. The first kappa shape index (κ1) is 9.38. The van der Waals surface area contributed by atoms with Gasteiger partial charge in [0.25, 0.3) is 0 Å². The first-order chi connectivity index (χ1) is 2.91. The smallest absolute Gasteiger partial charge is 0.0533 e. The molecule has 0 saturated carbocycles. The maximum atomic E-state index is 3.60. The van der Waals surface area contributed by atoms with E-state index < -0.39 is 0 Å². The van der Waals surface area contributed by atoms with E-state index in [1.165, 1.54) is 6.42 Å². The zero-order chi connectivity index (χ0) is 5.41. The second-order valence-corrected chi connectivity index (χ2v) is 0.854. The summed E-state index contributed by atoms with van der Waals surface area (Å²) in [5.74, 6) is 0. The average Bonchev–Trinajstić information content (AvgIpc) is 1.72. The SMILES string of the molecule is [CH2]C.[CH2]CCC. The summed E-state index contributed by atoms with van der Waals surface area (Å²) in [7, 11) is 0. The van der Waals surface area contributed by atoms with Gasteiger partial charge in [-0.25, -0.2) is 0 Å². The molecular formula is C6H14. The van der Waals surface area contributed by atoms with Crippen molar-refractivity contribution >= 4 is 0 Å². The van der Waals surface area contributed by atoms with Gasteiger partial charge in [-0.2, -0.15) is 0 Å². The number of hydrogen-bond donors (Lipinski definition) is 0. The van der Waals surface area contributed by atoms with Crippen molar-refractivity contribution in [1.29, 1.82) is 0 Å². The Balaban J connectivity index is 0. The summed E-state index contributed by atoms with van der Waals surface area (Å²) in [6.45, 7) is 10.7. The van der Waals surface area contributed by atoms with Crippen LogP contribution in [0.2, 0.25) is 0 Å². The number of unbranched alkanes of at least 4 members (excludes halogenated alkanes) is 1. The lowest BCUT2D eigenvalue weighted by Gasteiger charge is -1.67. The van der Waals surface area contributed by atoms with E-state index in [4.69, 9.17) is 0 Å². The molecule has 0 aromatic heterocycles. The van der Waals surface area contributed by atoms with Crippen LogP contribution in [0.4, 0.5) is 0 Å². The molecule has 0 aliphatic carbocycles. The predicted octanol–water partition coefficient (Wildman–Crippen LogP) is 2.46. The first-order valence-electron chi connectivity index (χ1n) is 2.41. The van der Waals surface area contributed by atoms with Gasteiger partial charge in [-0.3, -0.25) is 0 Å². The van der Waals surface area contributed by atoms with Crippen molar-refractivity contribution in [3.05, 3.63) is 13.8 Å². The van der Waals surface area contributed by atoms with Crippen molar-refractivity contribution < 1.29 is 0 Å². The van der Waals surface area contributed by atoms with E-state index in [1.807, 2.05) is 0 Å². The fraction of sp³-hybridized carbons (Fsp3) is 0.667. The van der Waals surface area contributed by atoms with Gasteiger partial charge in [-0.05, 0) is 0 Å². The number of hydrogen-bond acceptors (Lipinski definition) is 0. The molecule has 6 heavy (non-hydrogen) atoms. The summed E-state index contributed by atoms with van der Waals surface area (Å²) in [5, 5.41) is 0. The molecule has 2 radical (unpaired) electrons. The summed E-state index contributed by atoms with van der Waals surface area (Å²) >= 11 is 0. The van der Waals surface area contributed by atoms with Gasteiger partial charge in [0.15, 0.2) is 0 Å². The molecule has 0 amide bonds. The Morgan fingerprint density at radius 2 is 1.50 bits per heavy atom. The highest BCUT2D eigenvalue weighted by atomic mass is 13.6. The molecule has 38 valence electrons. The van der Waals surface area contributed by atoms with Crippen LogP contribution in [0.1, 0.15) is 26.7 Å². The maximum Gasteiger partial charge on any atom is -0.0533 e. The van der Waals surface area contributed by atoms with Crippen molar-refractivity contribution in [1.82, 2.24) is 0 Å². The molecular weight excluding hydrogens is 72.1 g/mol. The van der Waals surface area contributed by atoms with E-state index >= 15 is 0 Å². The van der Waals surface area contributed by atoms with Gasteiger partial charge in [-0.1, -0.05) is 40.5 Å². The minimum Gasteiger partial charge on any atom is -0.0654 e. The second-order valence-electron chi connectivity index (χ2n) is 0.854. The molecule has 0 aromatic rings. The van der Waals surface area contributed by atoms with Crippen LogP contribution in [0, 0.1) is 13.8 Å². The molecule has 0 saturated heterocycles. The van der Waals surface area contributed by atoms with Gasteiger partial charge in [0.1, 0.15) is 0 Å². The zero-order valence-electron chi connectivity index (χ0n) is 4.83. The van der Waals surface area contributed by atoms with Crippen LogP contribution in [-0.4, -0.2) is 0 Å². The van der Waals surface area contributed by atoms with E-state index in [1.54, 1.807) is 6.92 Å². The fourth-order valence-corrected chi connectivity index (χ4v) is 0. The van der Waals surface area contributed by atoms with Crippen LogP contribution in [0.15, 0.2) is 0 Å². The minimum absolute atomic E-state index is 1.07. The highest BCUT2D eigenvalue weighted by molar-refractivity contribution is 4.29. The fourth-order valence-electron chi connectivity index (χ4n) is 0. The van der Waals surface area contributed by atoms with E-state index in [0.29, 0.717) is 0 Å². The third-order valence-corrected chi connectivity index (χ3v) is 0.354. The Bertz CT molecular complexity index is 2.00. The third-order valence-electron chi connectivity index (χ3n) is 0.354. The topological polar surface area (TPSA) is 0 Å². The molecule has 0 spiro atoms. The molecule has 0 fully saturated rings. The summed E-state index contributed by atoms with van der Waals surface area (Å²) in [4.78, 5) is 0. The van der Waals surface area contributed by atoms with E-state index in [2.05, 4.69) is 20.8 Å². The average molecular weight is 86.2 g/mol. The summed E-state index contributed by atoms with van der Waals surface area (Å²) in [5.41, 5.74) is 0. The Hall–Kier alpha value is 0. The molecule has 0 nitrogen and oxygen atoms in total.